The van der Waals surface area contributed by atoms with Crippen molar-refractivity contribution < 1.29 is 139 Å². The molecule has 0 atom stereocenters. The van der Waals surface area contributed by atoms with Crippen LogP contribution in [-0.4, -0.2) is 95.0 Å². The number of nitrogens with one attached hydrogen (secondary N) is 4. The average molecular weight is 1340 g/mol. The van der Waals surface area contributed by atoms with Crippen LogP contribution in [0.4, 0.5) is 54.5 Å². The van der Waals surface area contributed by atoms with E-state index in [0.29, 0.717) is 23.3 Å². The first-order valence-corrected chi connectivity index (χ1v) is 30.4. The Morgan fingerprint density at radius 2 is 0.807 bits per heavy atom. The third kappa shape index (κ3) is 13.5. The van der Waals surface area contributed by atoms with Gasteiger partial charge in [0.1, 0.15) is 52.7 Å². The summed E-state index contributed by atoms with van der Waals surface area (Å²) >= 11 is 11.8. The number of aromatic nitrogens is 4. The topological polar surface area (TPSA) is 443 Å². The number of anilines is 8. The zero-order chi connectivity index (χ0) is 62.9. The van der Waals surface area contributed by atoms with E-state index in [2.05, 4.69) is 41.2 Å². The summed E-state index contributed by atoms with van der Waals surface area (Å²) in [7, 11) is -20.7. The van der Waals surface area contributed by atoms with Gasteiger partial charge in [0.15, 0.2) is 34.8 Å². The smallest absolute Gasteiger partial charge is 0.744 e. The normalized spacial score (nSPS) is 12.7. The van der Waals surface area contributed by atoms with Crippen LogP contribution in [0.15, 0.2) is 117 Å². The first-order chi connectivity index (χ1) is 40.2. The number of hydrogen-bond acceptors (Lipinski definition) is 24. The van der Waals surface area contributed by atoms with Gasteiger partial charge >= 0.3 is 59.1 Å². The minimum absolute atomic E-state index is 0. The second-order valence-electron chi connectivity index (χ2n) is 18.6. The van der Waals surface area contributed by atoms with Crippen molar-refractivity contribution in [3.63, 3.8) is 0 Å². The van der Waals surface area contributed by atoms with Crippen LogP contribution in [-0.2, 0) is 53.6 Å². The maximum absolute atomic E-state index is 13.9. The van der Waals surface area contributed by atoms with Crippen LogP contribution >= 0.6 is 23.2 Å². The van der Waals surface area contributed by atoms with Crippen molar-refractivity contribution in [3.05, 3.63) is 186 Å². The number of nitrogens with zero attached hydrogens (tertiary/aromatic N) is 4. The minimum Gasteiger partial charge on any atom is -0.744 e. The Balaban J connectivity index is 0.000000245. The van der Waals surface area contributed by atoms with Crippen LogP contribution in [0.5, 0.6) is 0 Å². The Morgan fingerprint density at radius 1 is 0.500 bits per heavy atom. The van der Waals surface area contributed by atoms with E-state index < -0.39 is 150 Å². The van der Waals surface area contributed by atoms with Gasteiger partial charge in [-0.2, -0.15) is 25.6 Å². The van der Waals surface area contributed by atoms with Crippen molar-refractivity contribution in [1.29, 1.82) is 0 Å². The quantitative estimate of drug-likeness (QED) is 0.0324. The Morgan fingerprint density at radius 3 is 1.10 bits per heavy atom. The van der Waals surface area contributed by atoms with E-state index in [9.17, 15) is 79.8 Å². The molecule has 26 nitrogen and oxygen atoms in total. The molecule has 2 aromatic heterocycles. The van der Waals surface area contributed by atoms with Crippen LogP contribution in [0.3, 0.4) is 0 Å². The molecule has 10 rings (SSSR count). The van der Waals surface area contributed by atoms with E-state index in [1.807, 2.05) is 0 Å². The van der Waals surface area contributed by atoms with E-state index in [1.54, 1.807) is 0 Å². The molecule has 0 amide bonds. The van der Waals surface area contributed by atoms with Crippen LogP contribution in [0.1, 0.15) is 85.9 Å². The summed E-state index contributed by atoms with van der Waals surface area (Å²) < 4.78 is 171. The summed E-state index contributed by atoms with van der Waals surface area (Å²) in [5.74, 6) is -5.67. The minimum atomic E-state index is -5.33. The Labute approximate surface area is 551 Å². The van der Waals surface area contributed by atoms with E-state index >= 15 is 0 Å². The monoisotopic (exact) mass is 1340 g/mol. The first kappa shape index (κ1) is 68.5. The molecule has 2 aliphatic carbocycles. The molecule has 0 radical (unpaired) electrons. The van der Waals surface area contributed by atoms with Crippen molar-refractivity contribution in [2.45, 2.75) is 46.5 Å². The summed E-state index contributed by atoms with van der Waals surface area (Å²) in [6.07, 6.45) is 1.77. The van der Waals surface area contributed by atoms with Crippen molar-refractivity contribution in [3.8, 4) is 0 Å². The molecule has 0 fully saturated rings. The SMILES string of the molecule is Cc1cc(CNc2ncnc(F)c2Cl)c(Nc2cc(S(=O)(=O)[O-])c(N)c3c2C(=O)c2ccccc2C3=O)c(S(=O)(=O)O)c1.Cc1cc(CNc2ncnc(F)c2Cl)c(Nc2cc(S(=O)(=O)[O-])c(N)c3c2C(=O)c2ccccc2C3=O)c(S(=O)(=O)O)c1.[Na+].[Na+]. The third-order valence-corrected chi connectivity index (χ3v) is 17.2. The fourth-order valence-electron chi connectivity index (χ4n) is 9.39. The largest absolute Gasteiger partial charge is 1.00 e. The molecule has 10 N–H and O–H groups in total. The number of nitrogens with two attached hydrogens (primary N) is 2. The predicted octanol–water partition coefficient (Wildman–Crippen LogP) is 0.891. The van der Waals surface area contributed by atoms with E-state index in [1.165, 1.54) is 74.5 Å². The Hall–Kier alpha value is -6.96. The van der Waals surface area contributed by atoms with Crippen LogP contribution in [0.25, 0.3) is 0 Å². The predicted molar refractivity (Wildman–Crippen MR) is 301 cm³/mol. The molecule has 2 heterocycles. The number of nitrogen functional groups attached to an aromatic ring is 2. The molecule has 0 saturated heterocycles. The summed E-state index contributed by atoms with van der Waals surface area (Å²) in [4.78, 5) is 65.0. The van der Waals surface area contributed by atoms with Gasteiger partial charge in [-0.1, -0.05) is 83.9 Å². The van der Waals surface area contributed by atoms with Gasteiger partial charge in [0.2, 0.25) is 11.9 Å². The molecule has 8 aromatic rings. The van der Waals surface area contributed by atoms with E-state index in [4.69, 9.17) is 34.7 Å². The summed E-state index contributed by atoms with van der Waals surface area (Å²) in [5, 5.41) is 9.75. The zero-order valence-corrected chi connectivity index (χ0v) is 54.1. The van der Waals surface area contributed by atoms with E-state index in [-0.39, 0.29) is 129 Å². The zero-order valence-electron chi connectivity index (χ0n) is 45.4. The molecule has 36 heteroatoms. The Kier molecular flexibility index (Phi) is 20.1. The number of benzene rings is 6. The number of aryl methyl sites for hydroxylation is 2. The number of carbonyl (C=O) groups excluding carboxylic acids is 4. The van der Waals surface area contributed by atoms with Crippen molar-refractivity contribution in [2.24, 2.45) is 0 Å². The molecular weight excluding hydrogens is 1300 g/mol. The molecule has 0 aliphatic heterocycles. The van der Waals surface area contributed by atoms with Gasteiger partial charge in [-0.15, -0.1) is 0 Å². The van der Waals surface area contributed by atoms with Crippen LogP contribution < -0.4 is 91.8 Å². The number of ketones is 4. The van der Waals surface area contributed by atoms with Crippen LogP contribution in [0, 0.1) is 25.7 Å². The van der Waals surface area contributed by atoms with Gasteiger partial charge in [-0.05, 0) is 60.4 Å². The van der Waals surface area contributed by atoms with Gasteiger partial charge in [-0.3, -0.25) is 28.3 Å². The summed E-state index contributed by atoms with van der Waals surface area (Å²) in [6, 6.07) is 17.7. The Bertz CT molecular complexity index is 4530. The molecule has 0 spiro atoms. The fraction of sp³-hybridized carbons (Fsp3) is 0.0769. The molecule has 0 unspecified atom stereocenters. The van der Waals surface area contributed by atoms with E-state index in [0.717, 1.165) is 24.8 Å². The molecule has 0 bridgehead atoms. The number of hydrogen-bond donors (Lipinski definition) is 8. The first-order valence-electron chi connectivity index (χ1n) is 24.0. The van der Waals surface area contributed by atoms with Crippen molar-refractivity contribution in [2.75, 3.05) is 32.7 Å². The van der Waals surface area contributed by atoms with Gasteiger partial charge in [0, 0.05) is 35.3 Å². The number of rotatable bonds is 14. The van der Waals surface area contributed by atoms with Crippen molar-refractivity contribution >= 4 is 133 Å². The van der Waals surface area contributed by atoms with Crippen LogP contribution in [0.2, 0.25) is 10.0 Å². The standard InChI is InChI=1S/2C26H19ClFN5O8S2.2Na/c2*1-11-6-12(9-30-26-20(27)25(28)31-10-32-26)22(17(7-11)43(39,40)41)33-15-8-16(42(36,37)38)21(29)19-18(15)23(34)13-4-2-3-5-14(13)24(19)35;;/h2*2-8,10,33H,9,29H2,1H3,(H,30,31,32)(H,36,37,38)(H,39,40,41);;/q;;2*+1/p-2. The summed E-state index contributed by atoms with van der Waals surface area (Å²) in [5.41, 5.74) is 7.20. The second kappa shape index (κ2) is 25.9. The van der Waals surface area contributed by atoms with Gasteiger partial charge in [0.05, 0.1) is 66.2 Å². The molecular formula is C52H36Cl2F2N10Na2O16S4. The molecule has 2 aliphatic rings. The third-order valence-electron chi connectivity index (χ3n) is 13.1. The van der Waals surface area contributed by atoms with Gasteiger partial charge < -0.3 is 41.8 Å². The number of fused-ring (bicyclic) bond motifs is 4. The molecule has 0 saturated carbocycles. The molecule has 6 aromatic carbocycles. The molecule has 444 valence electrons. The fourth-order valence-corrected chi connectivity index (χ4v) is 12.5. The average Bonchev–Trinajstić information content (AvgIpc) is 0.745. The molecule has 88 heavy (non-hydrogen) atoms. The summed E-state index contributed by atoms with van der Waals surface area (Å²) in [6.45, 7) is 2.38. The van der Waals surface area contributed by atoms with Crippen molar-refractivity contribution in [1.82, 2.24) is 19.9 Å². The second-order valence-corrected chi connectivity index (χ2v) is 24.9. The number of carbonyl (C=O) groups is 4. The maximum Gasteiger partial charge on any atom is 1.00 e. The maximum atomic E-state index is 13.9. The number of halogens is 4. The van der Waals surface area contributed by atoms with Gasteiger partial charge in [0.25, 0.3) is 20.2 Å². The van der Waals surface area contributed by atoms with Gasteiger partial charge in [-0.25, -0.2) is 36.8 Å².